The van der Waals surface area contributed by atoms with Crippen molar-refractivity contribution in [3.8, 4) is 0 Å². The van der Waals surface area contributed by atoms with Gasteiger partial charge in [-0.15, -0.1) is 0 Å². The number of anilines is 3. The summed E-state index contributed by atoms with van der Waals surface area (Å²) in [5.41, 5.74) is 2.68. The van der Waals surface area contributed by atoms with Crippen molar-refractivity contribution in [3.63, 3.8) is 0 Å². The van der Waals surface area contributed by atoms with Crippen molar-refractivity contribution in [1.29, 1.82) is 0 Å². The van der Waals surface area contributed by atoms with Crippen LogP contribution in [-0.4, -0.2) is 29.6 Å². The molecule has 0 fully saturated rings. The Bertz CT molecular complexity index is 912. The monoisotopic (exact) mass is 376 g/mol. The molecule has 6 nitrogen and oxygen atoms in total. The summed E-state index contributed by atoms with van der Waals surface area (Å²) >= 11 is 0. The molecule has 0 aliphatic heterocycles. The number of ether oxygens (including phenoxy) is 1. The molecular weight excluding hydrogens is 352 g/mol. The van der Waals surface area contributed by atoms with Gasteiger partial charge in [-0.2, -0.15) is 0 Å². The number of nitrogens with one attached hydrogen (secondary N) is 2. The summed E-state index contributed by atoms with van der Waals surface area (Å²) in [6, 6.07) is 19.4. The molecule has 0 amide bonds. The van der Waals surface area contributed by atoms with Gasteiger partial charge in [-0.05, 0) is 49.6 Å². The molecule has 0 bridgehead atoms. The third-order valence-corrected chi connectivity index (χ3v) is 4.21. The Morgan fingerprint density at radius 1 is 1.00 bits per heavy atom. The van der Waals surface area contributed by atoms with E-state index in [1.807, 2.05) is 31.2 Å². The predicted octanol–water partition coefficient (Wildman–Crippen LogP) is 4.36. The number of carbonyl (C=O) groups excluding carboxylic acids is 1. The zero-order valence-corrected chi connectivity index (χ0v) is 16.1. The third-order valence-electron chi connectivity index (χ3n) is 4.21. The molecular formula is C22H24N4O2. The van der Waals surface area contributed by atoms with E-state index in [1.54, 1.807) is 12.1 Å². The molecule has 0 radical (unpaired) electrons. The molecule has 0 atom stereocenters. The number of benzene rings is 2. The summed E-state index contributed by atoms with van der Waals surface area (Å²) in [5.74, 6) is 1.81. The number of aryl methyl sites for hydroxylation is 2. The van der Waals surface area contributed by atoms with Gasteiger partial charge in [0.05, 0.1) is 12.7 Å². The number of carbonyl (C=O) groups is 1. The molecule has 0 saturated heterocycles. The molecule has 0 aliphatic rings. The van der Waals surface area contributed by atoms with E-state index in [9.17, 15) is 4.79 Å². The largest absolute Gasteiger partial charge is 0.465 e. The van der Waals surface area contributed by atoms with Crippen molar-refractivity contribution in [2.24, 2.45) is 0 Å². The van der Waals surface area contributed by atoms with E-state index in [1.165, 1.54) is 12.7 Å². The van der Waals surface area contributed by atoms with Crippen molar-refractivity contribution < 1.29 is 9.53 Å². The van der Waals surface area contributed by atoms with Crippen LogP contribution in [-0.2, 0) is 11.2 Å². The Kier molecular flexibility index (Phi) is 6.57. The Balaban J connectivity index is 1.57. The maximum absolute atomic E-state index is 11.5. The van der Waals surface area contributed by atoms with Crippen molar-refractivity contribution in [2.45, 2.75) is 19.8 Å². The third kappa shape index (κ3) is 5.54. The number of methoxy groups -OCH3 is 1. The average Bonchev–Trinajstić information content (AvgIpc) is 2.71. The molecule has 3 rings (SSSR count). The number of nitrogens with zero attached hydrogens (tertiary/aromatic N) is 2. The summed E-state index contributed by atoms with van der Waals surface area (Å²) < 4.78 is 4.71. The van der Waals surface area contributed by atoms with Gasteiger partial charge < -0.3 is 15.4 Å². The standard InChI is InChI=1S/C22H24N4O2/c1-16-24-20(23-14-6-9-17-7-4-3-5-8-17)15-21(25-16)26-19-12-10-18(11-13-19)22(27)28-2/h3-5,7-8,10-13,15H,6,9,14H2,1-2H3,(H2,23,24,25,26). The molecule has 144 valence electrons. The Hall–Kier alpha value is -3.41. The van der Waals surface area contributed by atoms with E-state index in [0.29, 0.717) is 17.2 Å². The van der Waals surface area contributed by atoms with Crippen LogP contribution in [0.4, 0.5) is 17.3 Å². The second-order valence-electron chi connectivity index (χ2n) is 6.40. The minimum Gasteiger partial charge on any atom is -0.465 e. The molecule has 0 aliphatic carbocycles. The van der Waals surface area contributed by atoms with E-state index in [2.05, 4.69) is 44.9 Å². The van der Waals surface area contributed by atoms with Crippen molar-refractivity contribution in [1.82, 2.24) is 9.97 Å². The van der Waals surface area contributed by atoms with Gasteiger partial charge in [-0.1, -0.05) is 30.3 Å². The lowest BCUT2D eigenvalue weighted by molar-refractivity contribution is 0.0601. The summed E-state index contributed by atoms with van der Waals surface area (Å²) in [6.07, 6.45) is 2.04. The minimum atomic E-state index is -0.355. The minimum absolute atomic E-state index is 0.355. The average molecular weight is 376 g/mol. The van der Waals surface area contributed by atoms with Crippen molar-refractivity contribution in [2.75, 3.05) is 24.3 Å². The van der Waals surface area contributed by atoms with E-state index in [0.717, 1.165) is 30.9 Å². The zero-order chi connectivity index (χ0) is 19.8. The van der Waals surface area contributed by atoms with E-state index < -0.39 is 0 Å². The van der Waals surface area contributed by atoms with Gasteiger partial charge in [0.25, 0.3) is 0 Å². The SMILES string of the molecule is COC(=O)c1ccc(Nc2cc(NCCCc3ccccc3)nc(C)n2)cc1. The number of hydrogen-bond donors (Lipinski definition) is 2. The Morgan fingerprint density at radius 2 is 1.71 bits per heavy atom. The van der Waals surface area contributed by atoms with Gasteiger partial charge in [-0.3, -0.25) is 0 Å². The van der Waals surface area contributed by atoms with Crippen LogP contribution in [0, 0.1) is 6.92 Å². The molecule has 2 aromatic carbocycles. The fourth-order valence-corrected chi connectivity index (χ4v) is 2.83. The first-order chi connectivity index (χ1) is 13.6. The Morgan fingerprint density at radius 3 is 2.43 bits per heavy atom. The first-order valence-electron chi connectivity index (χ1n) is 9.23. The zero-order valence-electron chi connectivity index (χ0n) is 16.1. The highest BCUT2D eigenvalue weighted by atomic mass is 16.5. The molecule has 0 saturated carbocycles. The summed E-state index contributed by atoms with van der Waals surface area (Å²) in [7, 11) is 1.37. The van der Waals surface area contributed by atoms with Crippen LogP contribution in [0.5, 0.6) is 0 Å². The summed E-state index contributed by atoms with van der Waals surface area (Å²) in [4.78, 5) is 20.4. The fraction of sp³-hybridized carbons (Fsp3) is 0.227. The highest BCUT2D eigenvalue weighted by Gasteiger charge is 2.06. The van der Waals surface area contributed by atoms with Crippen LogP contribution in [0.1, 0.15) is 28.2 Å². The number of rotatable bonds is 8. The molecule has 2 N–H and O–H groups in total. The van der Waals surface area contributed by atoms with Gasteiger partial charge in [0.15, 0.2) is 0 Å². The van der Waals surface area contributed by atoms with Gasteiger partial charge in [-0.25, -0.2) is 14.8 Å². The van der Waals surface area contributed by atoms with E-state index in [4.69, 9.17) is 4.74 Å². The molecule has 3 aromatic rings. The predicted molar refractivity (Wildman–Crippen MR) is 111 cm³/mol. The molecule has 0 unspecified atom stereocenters. The van der Waals surface area contributed by atoms with Crippen LogP contribution in [0.2, 0.25) is 0 Å². The highest BCUT2D eigenvalue weighted by molar-refractivity contribution is 5.89. The van der Waals surface area contributed by atoms with Gasteiger partial charge in [0, 0.05) is 18.3 Å². The normalized spacial score (nSPS) is 10.4. The molecule has 1 heterocycles. The van der Waals surface area contributed by atoms with Crippen LogP contribution >= 0.6 is 0 Å². The van der Waals surface area contributed by atoms with Crippen LogP contribution < -0.4 is 10.6 Å². The fourth-order valence-electron chi connectivity index (χ4n) is 2.83. The molecule has 0 spiro atoms. The van der Waals surface area contributed by atoms with Crippen LogP contribution in [0.25, 0.3) is 0 Å². The topological polar surface area (TPSA) is 76.1 Å². The van der Waals surface area contributed by atoms with Gasteiger partial charge in [0.2, 0.25) is 0 Å². The molecule has 1 aromatic heterocycles. The first kappa shape index (κ1) is 19.4. The Labute approximate surface area is 165 Å². The van der Waals surface area contributed by atoms with Crippen LogP contribution in [0.15, 0.2) is 60.7 Å². The number of esters is 1. The maximum atomic E-state index is 11.5. The smallest absolute Gasteiger partial charge is 0.337 e. The second-order valence-corrected chi connectivity index (χ2v) is 6.40. The quantitative estimate of drug-likeness (QED) is 0.449. The van der Waals surface area contributed by atoms with Crippen LogP contribution in [0.3, 0.4) is 0 Å². The lowest BCUT2D eigenvalue weighted by Gasteiger charge is -2.11. The van der Waals surface area contributed by atoms with E-state index in [-0.39, 0.29) is 5.97 Å². The lowest BCUT2D eigenvalue weighted by atomic mass is 10.1. The second kappa shape index (κ2) is 9.50. The van der Waals surface area contributed by atoms with Gasteiger partial charge >= 0.3 is 5.97 Å². The van der Waals surface area contributed by atoms with E-state index >= 15 is 0 Å². The molecule has 6 heteroatoms. The lowest BCUT2D eigenvalue weighted by Crippen LogP contribution is -2.07. The summed E-state index contributed by atoms with van der Waals surface area (Å²) in [6.45, 7) is 2.69. The number of hydrogen-bond acceptors (Lipinski definition) is 6. The summed E-state index contributed by atoms with van der Waals surface area (Å²) in [5, 5.41) is 6.60. The first-order valence-corrected chi connectivity index (χ1v) is 9.23. The van der Waals surface area contributed by atoms with Crippen molar-refractivity contribution in [3.05, 3.63) is 77.6 Å². The van der Waals surface area contributed by atoms with Gasteiger partial charge in [0.1, 0.15) is 17.5 Å². The van der Waals surface area contributed by atoms with Crippen molar-refractivity contribution >= 4 is 23.3 Å². The number of aromatic nitrogens is 2. The molecule has 28 heavy (non-hydrogen) atoms. The maximum Gasteiger partial charge on any atom is 0.337 e. The highest BCUT2D eigenvalue weighted by Crippen LogP contribution is 2.18.